The van der Waals surface area contributed by atoms with Crippen LogP contribution in [0, 0.1) is 0 Å². The number of carbonyl (C=O) groups excluding carboxylic acids is 1. The molecule has 1 amide bonds. The molecule has 0 fully saturated rings. The summed E-state index contributed by atoms with van der Waals surface area (Å²) in [6.45, 7) is 2.06. The van der Waals surface area contributed by atoms with Crippen LogP contribution in [0.15, 0.2) is 30.6 Å². The standard InChI is InChI=1S/C15H21N5O/c1-4-12(14-17-7-8-18-14)19-13-9-10(16)5-6-11(13)15(21)20(2)3/h5-9,12,19H,4,16H2,1-3H3,(H,17,18). The Bertz CT molecular complexity index is 607. The predicted molar refractivity (Wildman–Crippen MR) is 84.1 cm³/mol. The van der Waals surface area contributed by atoms with E-state index >= 15 is 0 Å². The van der Waals surface area contributed by atoms with Crippen LogP contribution in [0.2, 0.25) is 0 Å². The Morgan fingerprint density at radius 1 is 1.48 bits per heavy atom. The number of nitrogen functional groups attached to an aromatic ring is 1. The summed E-state index contributed by atoms with van der Waals surface area (Å²) in [6.07, 6.45) is 4.33. The van der Waals surface area contributed by atoms with Crippen molar-refractivity contribution in [3.63, 3.8) is 0 Å². The van der Waals surface area contributed by atoms with E-state index < -0.39 is 0 Å². The van der Waals surface area contributed by atoms with Gasteiger partial charge in [-0.1, -0.05) is 6.92 Å². The van der Waals surface area contributed by atoms with Crippen LogP contribution in [0.25, 0.3) is 0 Å². The van der Waals surface area contributed by atoms with Crippen LogP contribution in [0.3, 0.4) is 0 Å². The van der Waals surface area contributed by atoms with Crippen LogP contribution < -0.4 is 11.1 Å². The van der Waals surface area contributed by atoms with Gasteiger partial charge in [-0.15, -0.1) is 0 Å². The number of rotatable bonds is 5. The minimum Gasteiger partial charge on any atom is -0.399 e. The van der Waals surface area contributed by atoms with E-state index in [9.17, 15) is 4.79 Å². The fraction of sp³-hybridized carbons (Fsp3) is 0.333. The molecule has 1 atom stereocenters. The summed E-state index contributed by atoms with van der Waals surface area (Å²) >= 11 is 0. The number of aromatic nitrogens is 2. The topological polar surface area (TPSA) is 87.0 Å². The minimum atomic E-state index is -0.0632. The summed E-state index contributed by atoms with van der Waals surface area (Å²) < 4.78 is 0. The zero-order valence-electron chi connectivity index (χ0n) is 12.6. The number of nitrogens with one attached hydrogen (secondary N) is 2. The van der Waals surface area contributed by atoms with Gasteiger partial charge in [-0.25, -0.2) is 4.98 Å². The van der Waals surface area contributed by atoms with Gasteiger partial charge in [-0.05, 0) is 24.6 Å². The van der Waals surface area contributed by atoms with Gasteiger partial charge in [0.25, 0.3) is 5.91 Å². The first-order chi connectivity index (χ1) is 10.0. The molecule has 2 aromatic rings. The summed E-state index contributed by atoms with van der Waals surface area (Å²) in [5.74, 6) is 0.773. The van der Waals surface area contributed by atoms with Crippen molar-refractivity contribution < 1.29 is 4.79 Å². The number of hydrogen-bond donors (Lipinski definition) is 3. The third-order valence-corrected chi connectivity index (χ3v) is 3.27. The zero-order valence-corrected chi connectivity index (χ0v) is 12.6. The number of hydrogen-bond acceptors (Lipinski definition) is 4. The molecule has 0 saturated heterocycles. The van der Waals surface area contributed by atoms with Gasteiger partial charge in [-0.3, -0.25) is 4.79 Å². The van der Waals surface area contributed by atoms with Crippen molar-refractivity contribution >= 4 is 17.3 Å². The molecule has 21 heavy (non-hydrogen) atoms. The maximum atomic E-state index is 12.3. The molecule has 0 aliphatic heterocycles. The second-order valence-corrected chi connectivity index (χ2v) is 5.08. The summed E-state index contributed by atoms with van der Waals surface area (Å²) in [7, 11) is 3.46. The van der Waals surface area contributed by atoms with E-state index in [2.05, 4.69) is 22.2 Å². The molecule has 4 N–H and O–H groups in total. The number of amides is 1. The van der Waals surface area contributed by atoms with Gasteiger partial charge >= 0.3 is 0 Å². The van der Waals surface area contributed by atoms with Crippen molar-refractivity contribution in [3.05, 3.63) is 42.0 Å². The monoisotopic (exact) mass is 287 g/mol. The second kappa shape index (κ2) is 6.30. The molecule has 0 bridgehead atoms. The smallest absolute Gasteiger partial charge is 0.255 e. The first kappa shape index (κ1) is 14.9. The third kappa shape index (κ3) is 3.34. The van der Waals surface area contributed by atoms with E-state index in [1.165, 1.54) is 0 Å². The van der Waals surface area contributed by atoms with Gasteiger partial charge in [0.1, 0.15) is 5.82 Å². The van der Waals surface area contributed by atoms with Gasteiger partial charge in [0, 0.05) is 37.9 Å². The van der Waals surface area contributed by atoms with Crippen molar-refractivity contribution in [1.29, 1.82) is 0 Å². The molecular weight excluding hydrogens is 266 g/mol. The summed E-state index contributed by atoms with van der Waals surface area (Å²) in [5.41, 5.74) is 7.78. The van der Waals surface area contributed by atoms with Gasteiger partial charge in [0.05, 0.1) is 11.6 Å². The molecule has 1 heterocycles. The van der Waals surface area contributed by atoms with E-state index in [1.54, 1.807) is 49.6 Å². The highest BCUT2D eigenvalue weighted by Gasteiger charge is 2.18. The highest BCUT2D eigenvalue weighted by atomic mass is 16.2. The van der Waals surface area contributed by atoms with Crippen molar-refractivity contribution in [2.24, 2.45) is 0 Å². The zero-order chi connectivity index (χ0) is 15.4. The number of nitrogens with two attached hydrogens (primary N) is 1. The largest absolute Gasteiger partial charge is 0.399 e. The van der Waals surface area contributed by atoms with Crippen molar-refractivity contribution in [2.45, 2.75) is 19.4 Å². The lowest BCUT2D eigenvalue weighted by Crippen LogP contribution is -2.24. The fourth-order valence-electron chi connectivity index (χ4n) is 2.13. The molecule has 6 heteroatoms. The molecular formula is C15H21N5O. The second-order valence-electron chi connectivity index (χ2n) is 5.08. The molecule has 1 aromatic carbocycles. The predicted octanol–water partition coefficient (Wildman–Crippen LogP) is 2.26. The molecule has 0 spiro atoms. The minimum absolute atomic E-state index is 0.00416. The Morgan fingerprint density at radius 3 is 2.81 bits per heavy atom. The Labute approximate surface area is 124 Å². The molecule has 1 unspecified atom stereocenters. The van der Waals surface area contributed by atoms with Crippen LogP contribution in [0.1, 0.15) is 35.6 Å². The van der Waals surface area contributed by atoms with E-state index in [0.717, 1.165) is 17.9 Å². The first-order valence-corrected chi connectivity index (χ1v) is 6.90. The lowest BCUT2D eigenvalue weighted by molar-refractivity contribution is 0.0828. The highest BCUT2D eigenvalue weighted by Crippen LogP contribution is 2.26. The van der Waals surface area contributed by atoms with Crippen molar-refractivity contribution in [2.75, 3.05) is 25.1 Å². The number of aromatic amines is 1. The number of H-pyrrole nitrogens is 1. The van der Waals surface area contributed by atoms with Gasteiger partial charge in [-0.2, -0.15) is 0 Å². The lowest BCUT2D eigenvalue weighted by Gasteiger charge is -2.20. The number of anilines is 2. The quantitative estimate of drug-likeness (QED) is 0.736. The van der Waals surface area contributed by atoms with Crippen LogP contribution in [-0.2, 0) is 0 Å². The first-order valence-electron chi connectivity index (χ1n) is 6.90. The number of carbonyl (C=O) groups is 1. The molecule has 112 valence electrons. The lowest BCUT2D eigenvalue weighted by atomic mass is 10.1. The van der Waals surface area contributed by atoms with Crippen LogP contribution in [0.4, 0.5) is 11.4 Å². The third-order valence-electron chi connectivity index (χ3n) is 3.27. The normalized spacial score (nSPS) is 12.0. The summed E-state index contributed by atoms with van der Waals surface area (Å²) in [4.78, 5) is 21.2. The van der Waals surface area contributed by atoms with E-state index in [1.807, 2.05) is 0 Å². The highest BCUT2D eigenvalue weighted by molar-refractivity contribution is 6.00. The fourth-order valence-corrected chi connectivity index (χ4v) is 2.13. The molecule has 0 aliphatic rings. The Kier molecular flexibility index (Phi) is 4.47. The Balaban J connectivity index is 2.33. The summed E-state index contributed by atoms with van der Waals surface area (Å²) in [6, 6.07) is 5.25. The number of nitrogens with zero attached hydrogens (tertiary/aromatic N) is 2. The van der Waals surface area contributed by atoms with Crippen LogP contribution in [-0.4, -0.2) is 34.9 Å². The number of benzene rings is 1. The van der Waals surface area contributed by atoms with E-state index in [0.29, 0.717) is 11.3 Å². The van der Waals surface area contributed by atoms with Crippen LogP contribution >= 0.6 is 0 Å². The molecule has 0 aliphatic carbocycles. The molecule has 0 saturated carbocycles. The van der Waals surface area contributed by atoms with Gasteiger partial charge in [0.15, 0.2) is 0 Å². The Hall–Kier alpha value is -2.50. The molecule has 0 radical (unpaired) electrons. The van der Waals surface area contributed by atoms with E-state index in [-0.39, 0.29) is 11.9 Å². The van der Waals surface area contributed by atoms with Gasteiger partial charge < -0.3 is 20.9 Å². The van der Waals surface area contributed by atoms with Crippen molar-refractivity contribution in [1.82, 2.24) is 14.9 Å². The Morgan fingerprint density at radius 2 is 2.24 bits per heavy atom. The molecule has 2 rings (SSSR count). The van der Waals surface area contributed by atoms with E-state index in [4.69, 9.17) is 5.73 Å². The maximum Gasteiger partial charge on any atom is 0.255 e. The average molecular weight is 287 g/mol. The SMILES string of the molecule is CCC(Nc1cc(N)ccc1C(=O)N(C)C)c1ncc[nH]1. The van der Waals surface area contributed by atoms with Crippen molar-refractivity contribution in [3.8, 4) is 0 Å². The summed E-state index contributed by atoms with van der Waals surface area (Å²) in [5, 5.41) is 3.36. The van der Waals surface area contributed by atoms with Gasteiger partial charge in [0.2, 0.25) is 0 Å². The molecule has 1 aromatic heterocycles. The molecule has 6 nitrogen and oxygen atoms in total. The van der Waals surface area contributed by atoms with Crippen LogP contribution in [0.5, 0.6) is 0 Å². The number of imidazole rings is 1. The maximum absolute atomic E-state index is 12.3. The average Bonchev–Trinajstić information content (AvgIpc) is 2.98.